The minimum absolute atomic E-state index is 0.190. The van der Waals surface area contributed by atoms with E-state index in [4.69, 9.17) is 30.4 Å². The molecule has 18 aromatic rings. The molecule has 0 atom stereocenters. The van der Waals surface area contributed by atoms with Crippen molar-refractivity contribution >= 4 is 162 Å². The Hall–Kier alpha value is -9.71. The Morgan fingerprint density at radius 2 is 0.861 bits per heavy atom. The van der Waals surface area contributed by atoms with Gasteiger partial charge in [0.05, 0.1) is 38.7 Å². The van der Waals surface area contributed by atoms with E-state index in [0.29, 0.717) is 17.4 Å². The first kappa shape index (κ1) is 45.5. The average molecular weight is 1070 g/mol. The monoisotopic (exact) mass is 1070 g/mol. The SMILES string of the molecule is Clc1nc(-c2ccccc2)c2c(n1)oc1ccccc12.c1ccc(-c2nc(-n3c4ccccc4c4ccc5sc6ccccc6c5c43)nc3oc4ccccc4c23)cc1.c1ccc2c(c1)[nH]c1c2ccc2sc3ccccc3c21. The fraction of sp³-hybridized carbons (Fsp3) is 0. The quantitative estimate of drug-likeness (QED) is 0.177. The Morgan fingerprint density at radius 3 is 1.52 bits per heavy atom. The topological polar surface area (TPSA) is 98.6 Å². The molecule has 79 heavy (non-hydrogen) atoms. The summed E-state index contributed by atoms with van der Waals surface area (Å²) in [6.07, 6.45) is 0. The summed E-state index contributed by atoms with van der Waals surface area (Å²) < 4.78 is 19.6. The van der Waals surface area contributed by atoms with Crippen LogP contribution in [0, 0.1) is 0 Å². The molecular weight excluding hydrogens is 1030 g/mol. The number of aromatic amines is 1. The van der Waals surface area contributed by atoms with Crippen molar-refractivity contribution < 1.29 is 8.83 Å². The van der Waals surface area contributed by atoms with Gasteiger partial charge in [0.1, 0.15) is 11.2 Å². The van der Waals surface area contributed by atoms with Gasteiger partial charge in [-0.3, -0.25) is 4.57 Å². The van der Waals surface area contributed by atoms with Crippen LogP contribution in [0.5, 0.6) is 0 Å². The van der Waals surface area contributed by atoms with Gasteiger partial charge in [-0.05, 0) is 60.1 Å². The lowest BCUT2D eigenvalue weighted by molar-refractivity contribution is 0.651. The van der Waals surface area contributed by atoms with E-state index in [-0.39, 0.29) is 5.28 Å². The van der Waals surface area contributed by atoms with E-state index in [1.165, 1.54) is 72.9 Å². The zero-order chi connectivity index (χ0) is 52.1. The lowest BCUT2D eigenvalue weighted by Crippen LogP contribution is -2.03. The number of rotatable bonds is 3. The van der Waals surface area contributed by atoms with E-state index in [9.17, 15) is 0 Å². The number of aromatic nitrogens is 6. The lowest BCUT2D eigenvalue weighted by atomic mass is 10.1. The van der Waals surface area contributed by atoms with Crippen LogP contribution in [0.15, 0.2) is 239 Å². The third kappa shape index (κ3) is 7.33. The Morgan fingerprint density at radius 1 is 0.367 bits per heavy atom. The van der Waals surface area contributed by atoms with Gasteiger partial charge in [-0.15, -0.1) is 22.7 Å². The highest BCUT2D eigenvalue weighted by atomic mass is 35.5. The molecule has 0 spiro atoms. The van der Waals surface area contributed by atoms with Crippen molar-refractivity contribution in [3.63, 3.8) is 0 Å². The smallest absolute Gasteiger partial charge is 0.238 e. The van der Waals surface area contributed by atoms with Crippen LogP contribution in [0.2, 0.25) is 5.28 Å². The summed E-state index contributed by atoms with van der Waals surface area (Å²) in [7, 11) is 0. The molecule has 0 aliphatic heterocycles. The second-order valence-corrected chi connectivity index (χ2v) is 21.9. The van der Waals surface area contributed by atoms with Crippen molar-refractivity contribution in [3.8, 4) is 28.5 Å². The van der Waals surface area contributed by atoms with Gasteiger partial charge in [0.2, 0.25) is 22.7 Å². The Kier molecular flexibility index (Phi) is 10.5. The number of hydrogen-bond donors (Lipinski definition) is 1. The third-order valence-corrected chi connectivity index (χ3v) is 17.4. The van der Waals surface area contributed by atoms with Gasteiger partial charge in [-0.1, -0.05) is 182 Å². The molecule has 0 fully saturated rings. The molecule has 0 saturated heterocycles. The number of hydrogen-bond acceptors (Lipinski definition) is 8. The molecule has 0 unspecified atom stereocenters. The summed E-state index contributed by atoms with van der Waals surface area (Å²) in [6.45, 7) is 0. The largest absolute Gasteiger partial charge is 0.438 e. The van der Waals surface area contributed by atoms with E-state index in [1.807, 2.05) is 114 Å². The van der Waals surface area contributed by atoms with Gasteiger partial charge >= 0.3 is 0 Å². The summed E-state index contributed by atoms with van der Waals surface area (Å²) >= 11 is 9.71. The summed E-state index contributed by atoms with van der Waals surface area (Å²) in [5.74, 6) is 0.606. The van der Waals surface area contributed by atoms with Gasteiger partial charge in [0.25, 0.3) is 0 Å². The van der Waals surface area contributed by atoms with Crippen molar-refractivity contribution in [1.82, 2.24) is 29.5 Å². The number of nitrogens with zero attached hydrogens (tertiary/aromatic N) is 5. The zero-order valence-electron chi connectivity index (χ0n) is 41.7. The van der Waals surface area contributed by atoms with E-state index < -0.39 is 0 Å². The molecule has 0 amide bonds. The van der Waals surface area contributed by atoms with E-state index in [2.05, 4.69) is 159 Å². The molecule has 0 aliphatic rings. The highest BCUT2D eigenvalue weighted by Gasteiger charge is 2.24. The van der Waals surface area contributed by atoms with Crippen LogP contribution in [0.3, 0.4) is 0 Å². The molecular formula is C68H39ClN6O2S2. The summed E-state index contributed by atoms with van der Waals surface area (Å²) in [4.78, 5) is 22.6. The number of fused-ring (bicyclic) bond motifs is 20. The second-order valence-electron chi connectivity index (χ2n) is 19.4. The number of nitrogens with one attached hydrogen (secondary N) is 1. The summed E-state index contributed by atoms with van der Waals surface area (Å²) in [5, 5.41) is 14.2. The normalized spacial score (nSPS) is 11.9. The number of halogens is 1. The van der Waals surface area contributed by atoms with Crippen molar-refractivity contribution in [2.75, 3.05) is 0 Å². The number of para-hydroxylation sites is 4. The average Bonchev–Trinajstić information content (AvgIpc) is 4.45. The van der Waals surface area contributed by atoms with E-state index >= 15 is 0 Å². The van der Waals surface area contributed by atoms with Gasteiger partial charge in [-0.25, -0.2) is 9.97 Å². The predicted molar refractivity (Wildman–Crippen MR) is 330 cm³/mol. The van der Waals surface area contributed by atoms with E-state index in [1.54, 1.807) is 0 Å². The van der Waals surface area contributed by atoms with Gasteiger partial charge < -0.3 is 13.8 Å². The van der Waals surface area contributed by atoms with Crippen molar-refractivity contribution in [2.24, 2.45) is 0 Å². The molecule has 8 heterocycles. The first-order chi connectivity index (χ1) is 39.1. The molecule has 10 aromatic carbocycles. The van der Waals surface area contributed by atoms with Crippen LogP contribution in [0.4, 0.5) is 0 Å². The first-order valence-corrected chi connectivity index (χ1v) is 27.9. The maximum absolute atomic E-state index is 6.36. The maximum Gasteiger partial charge on any atom is 0.238 e. The first-order valence-electron chi connectivity index (χ1n) is 25.9. The van der Waals surface area contributed by atoms with Crippen LogP contribution < -0.4 is 0 Å². The number of thiophene rings is 2. The van der Waals surface area contributed by atoms with Gasteiger partial charge in [0.15, 0.2) is 0 Å². The fourth-order valence-corrected chi connectivity index (χ4v) is 13.9. The van der Waals surface area contributed by atoms with Crippen LogP contribution in [0.25, 0.3) is 157 Å². The van der Waals surface area contributed by atoms with Crippen molar-refractivity contribution in [1.29, 1.82) is 0 Å². The summed E-state index contributed by atoms with van der Waals surface area (Å²) in [5.41, 5.74) is 11.1. The number of H-pyrrole nitrogens is 1. The minimum Gasteiger partial charge on any atom is -0.438 e. The van der Waals surface area contributed by atoms with Gasteiger partial charge in [0, 0.05) is 89.3 Å². The third-order valence-electron chi connectivity index (χ3n) is 14.9. The number of furan rings is 2. The lowest BCUT2D eigenvalue weighted by Gasteiger charge is -2.10. The zero-order valence-corrected chi connectivity index (χ0v) is 44.1. The molecule has 11 heteroatoms. The Bertz CT molecular complexity index is 5420. The highest BCUT2D eigenvalue weighted by molar-refractivity contribution is 7.26. The van der Waals surface area contributed by atoms with Crippen molar-refractivity contribution in [2.45, 2.75) is 0 Å². The molecule has 1 N–H and O–H groups in total. The molecule has 0 aliphatic carbocycles. The van der Waals surface area contributed by atoms with E-state index in [0.717, 1.165) is 66.3 Å². The minimum atomic E-state index is 0.190. The Labute approximate surface area is 462 Å². The molecule has 0 radical (unpaired) electrons. The highest BCUT2D eigenvalue weighted by Crippen LogP contribution is 2.45. The summed E-state index contributed by atoms with van der Waals surface area (Å²) in [6, 6.07) is 79.5. The molecule has 18 rings (SSSR count). The van der Waals surface area contributed by atoms with Crippen LogP contribution in [0.1, 0.15) is 0 Å². The molecule has 8 aromatic heterocycles. The molecule has 8 nitrogen and oxygen atoms in total. The van der Waals surface area contributed by atoms with Crippen LogP contribution in [-0.2, 0) is 0 Å². The van der Waals surface area contributed by atoms with Crippen molar-refractivity contribution in [3.05, 3.63) is 236 Å². The molecule has 0 bridgehead atoms. The Balaban J connectivity index is 0.000000109. The molecule has 0 saturated carbocycles. The van der Waals surface area contributed by atoms with Crippen LogP contribution in [-0.4, -0.2) is 29.5 Å². The fourth-order valence-electron chi connectivity index (χ4n) is 11.5. The van der Waals surface area contributed by atoms with Gasteiger partial charge in [-0.2, -0.15) is 9.97 Å². The second kappa shape index (κ2) is 18.2. The number of benzene rings is 10. The predicted octanol–water partition coefficient (Wildman–Crippen LogP) is 19.9. The maximum atomic E-state index is 6.36. The van der Waals surface area contributed by atoms with Crippen LogP contribution >= 0.6 is 34.3 Å². The standard InChI is InChI=1S/C34H19N3OS.C18H11NS.C16H9ClN2O/c1-2-10-20(11-3-1)31-30-23-13-5-8-16-26(23)38-33(30)36-34(35-31)37-25-15-7-4-12-21(25)22-18-19-28-29(32(22)37)24-14-6-9-17-27(24)39-28;1-3-7-14-11(5-1)12-9-10-16-17(18(12)19-14)13-6-2-4-8-15(13)20-16;17-16-18-14(10-6-2-1-3-7-10)13-11-8-4-5-9-12(11)20-15(13)19-16/h1-19H;1-10,19H;1-9H. The molecule has 372 valence electrons.